The van der Waals surface area contributed by atoms with Crippen molar-refractivity contribution in [3.8, 4) is 0 Å². The van der Waals surface area contributed by atoms with Crippen LogP contribution in [0, 0.1) is 5.82 Å². The van der Waals surface area contributed by atoms with Crippen LogP contribution >= 0.6 is 0 Å². The Balaban J connectivity index is 1.86. The fraction of sp³-hybridized carbons (Fsp3) is 0.200. The highest BCUT2D eigenvalue weighted by Crippen LogP contribution is 2.29. The monoisotopic (exact) mass is 242 g/mol. The van der Waals surface area contributed by atoms with E-state index in [1.54, 1.807) is 12.1 Å². The largest absolute Gasteiger partial charge is 0.382 e. The van der Waals surface area contributed by atoms with Gasteiger partial charge in [0.1, 0.15) is 5.82 Å². The average molecular weight is 242 g/mol. The predicted octanol–water partition coefficient (Wildman–Crippen LogP) is 3.26. The van der Waals surface area contributed by atoms with Gasteiger partial charge in [-0.25, -0.2) is 4.39 Å². The number of halogens is 1. The Morgan fingerprint density at radius 3 is 2.89 bits per heavy atom. The summed E-state index contributed by atoms with van der Waals surface area (Å²) in [7, 11) is 0. The van der Waals surface area contributed by atoms with Crippen LogP contribution in [-0.4, -0.2) is 13.1 Å². The number of hydrogen-bond acceptors (Lipinski definition) is 2. The van der Waals surface area contributed by atoms with Crippen LogP contribution in [0.3, 0.4) is 0 Å². The highest BCUT2D eigenvalue weighted by molar-refractivity contribution is 5.71. The Bertz CT molecular complexity index is 554. The van der Waals surface area contributed by atoms with Crippen molar-refractivity contribution in [1.29, 1.82) is 0 Å². The van der Waals surface area contributed by atoms with E-state index in [1.807, 2.05) is 18.2 Å². The number of hydrogen-bond donors (Lipinski definition) is 1. The van der Waals surface area contributed by atoms with Crippen LogP contribution in [0.1, 0.15) is 5.56 Å². The molecule has 1 aliphatic heterocycles. The number of rotatable bonds is 2. The zero-order valence-electron chi connectivity index (χ0n) is 10.1. The predicted molar refractivity (Wildman–Crippen MR) is 72.4 cm³/mol. The molecule has 18 heavy (non-hydrogen) atoms. The first kappa shape index (κ1) is 11.1. The van der Waals surface area contributed by atoms with Crippen molar-refractivity contribution in [2.75, 3.05) is 23.3 Å². The first-order chi connectivity index (χ1) is 8.83. The minimum Gasteiger partial charge on any atom is -0.382 e. The van der Waals surface area contributed by atoms with E-state index in [9.17, 15) is 4.39 Å². The third-order valence-corrected chi connectivity index (χ3v) is 3.20. The van der Waals surface area contributed by atoms with Gasteiger partial charge in [0, 0.05) is 19.6 Å². The molecule has 0 radical (unpaired) electrons. The second kappa shape index (κ2) is 4.69. The second-order valence-electron chi connectivity index (χ2n) is 4.50. The van der Waals surface area contributed by atoms with E-state index in [4.69, 9.17) is 0 Å². The van der Waals surface area contributed by atoms with Gasteiger partial charge in [-0.15, -0.1) is 0 Å². The van der Waals surface area contributed by atoms with E-state index in [-0.39, 0.29) is 5.82 Å². The molecule has 0 fully saturated rings. The molecule has 3 heteroatoms. The first-order valence-electron chi connectivity index (χ1n) is 6.15. The van der Waals surface area contributed by atoms with Gasteiger partial charge in [0.2, 0.25) is 0 Å². The number of anilines is 2. The molecule has 2 nitrogen and oxygen atoms in total. The summed E-state index contributed by atoms with van der Waals surface area (Å²) in [6.07, 6.45) is 0. The Morgan fingerprint density at radius 1 is 1.11 bits per heavy atom. The minimum absolute atomic E-state index is 0.170. The van der Waals surface area contributed by atoms with Gasteiger partial charge >= 0.3 is 0 Å². The molecule has 0 aromatic heterocycles. The van der Waals surface area contributed by atoms with Gasteiger partial charge < -0.3 is 10.2 Å². The van der Waals surface area contributed by atoms with Gasteiger partial charge in [-0.05, 0) is 29.8 Å². The summed E-state index contributed by atoms with van der Waals surface area (Å²) in [6, 6.07) is 15.0. The minimum atomic E-state index is -0.170. The molecule has 0 bridgehead atoms. The number of para-hydroxylation sites is 2. The molecule has 0 saturated carbocycles. The fourth-order valence-corrected chi connectivity index (χ4v) is 2.36. The molecule has 92 valence electrons. The van der Waals surface area contributed by atoms with Crippen molar-refractivity contribution in [3.05, 3.63) is 59.9 Å². The molecule has 0 atom stereocenters. The number of fused-ring (bicyclic) bond motifs is 1. The number of nitrogens with one attached hydrogen (secondary N) is 1. The quantitative estimate of drug-likeness (QED) is 0.869. The zero-order valence-corrected chi connectivity index (χ0v) is 10.1. The van der Waals surface area contributed by atoms with Gasteiger partial charge in [0.25, 0.3) is 0 Å². The Morgan fingerprint density at radius 2 is 2.00 bits per heavy atom. The maximum atomic E-state index is 13.2. The maximum Gasteiger partial charge on any atom is 0.123 e. The van der Waals surface area contributed by atoms with Crippen LogP contribution in [0.15, 0.2) is 48.5 Å². The van der Waals surface area contributed by atoms with Crippen LogP contribution < -0.4 is 10.2 Å². The summed E-state index contributed by atoms with van der Waals surface area (Å²) in [5.74, 6) is -0.170. The topological polar surface area (TPSA) is 15.3 Å². The Labute approximate surface area is 106 Å². The molecule has 2 aromatic rings. The molecular formula is C15H15FN2. The van der Waals surface area contributed by atoms with Gasteiger partial charge in [-0.2, -0.15) is 0 Å². The maximum absolute atomic E-state index is 13.2. The van der Waals surface area contributed by atoms with E-state index < -0.39 is 0 Å². The van der Waals surface area contributed by atoms with E-state index in [0.29, 0.717) is 0 Å². The average Bonchev–Trinajstić information content (AvgIpc) is 2.39. The first-order valence-corrected chi connectivity index (χ1v) is 6.15. The van der Waals surface area contributed by atoms with Crippen LogP contribution in [0.5, 0.6) is 0 Å². The van der Waals surface area contributed by atoms with Crippen LogP contribution in [0.2, 0.25) is 0 Å². The molecule has 0 amide bonds. The SMILES string of the molecule is Fc1cccc(CN2CCNc3ccccc32)c1. The van der Waals surface area contributed by atoms with Crippen LogP contribution in [-0.2, 0) is 6.54 Å². The molecule has 1 heterocycles. The van der Waals surface area contributed by atoms with Crippen LogP contribution in [0.25, 0.3) is 0 Å². The van der Waals surface area contributed by atoms with Gasteiger partial charge in [0.05, 0.1) is 11.4 Å². The standard InChI is InChI=1S/C15H15FN2/c16-13-5-3-4-12(10-13)11-18-9-8-17-14-6-1-2-7-15(14)18/h1-7,10,17H,8-9,11H2. The summed E-state index contributed by atoms with van der Waals surface area (Å²) in [5, 5.41) is 3.37. The van der Waals surface area contributed by atoms with Gasteiger partial charge in [0.15, 0.2) is 0 Å². The molecule has 0 saturated heterocycles. The highest BCUT2D eigenvalue weighted by atomic mass is 19.1. The van der Waals surface area contributed by atoms with Crippen molar-refractivity contribution in [1.82, 2.24) is 0 Å². The Hall–Kier alpha value is -2.03. The lowest BCUT2D eigenvalue weighted by Crippen LogP contribution is -2.33. The van der Waals surface area contributed by atoms with E-state index in [1.165, 1.54) is 11.8 Å². The third kappa shape index (κ3) is 2.16. The normalized spacial score (nSPS) is 13.9. The van der Waals surface area contributed by atoms with Crippen molar-refractivity contribution >= 4 is 11.4 Å². The van der Waals surface area contributed by atoms with Crippen molar-refractivity contribution < 1.29 is 4.39 Å². The molecule has 0 unspecified atom stereocenters. The lowest BCUT2D eigenvalue weighted by molar-refractivity contribution is 0.624. The van der Waals surface area contributed by atoms with E-state index in [2.05, 4.69) is 22.3 Å². The van der Waals surface area contributed by atoms with Crippen molar-refractivity contribution in [2.45, 2.75) is 6.54 Å². The second-order valence-corrected chi connectivity index (χ2v) is 4.50. The lowest BCUT2D eigenvalue weighted by Gasteiger charge is -2.32. The van der Waals surface area contributed by atoms with Crippen molar-refractivity contribution in [3.63, 3.8) is 0 Å². The molecule has 0 aliphatic carbocycles. The summed E-state index contributed by atoms with van der Waals surface area (Å²) in [5.41, 5.74) is 3.35. The highest BCUT2D eigenvalue weighted by Gasteiger charge is 2.15. The van der Waals surface area contributed by atoms with Gasteiger partial charge in [-0.1, -0.05) is 24.3 Å². The van der Waals surface area contributed by atoms with Gasteiger partial charge in [-0.3, -0.25) is 0 Å². The molecule has 2 aromatic carbocycles. The fourth-order valence-electron chi connectivity index (χ4n) is 2.36. The van der Waals surface area contributed by atoms with E-state index >= 15 is 0 Å². The third-order valence-electron chi connectivity index (χ3n) is 3.20. The lowest BCUT2D eigenvalue weighted by atomic mass is 10.1. The number of benzene rings is 2. The molecule has 1 aliphatic rings. The molecular weight excluding hydrogens is 227 g/mol. The number of nitrogens with zero attached hydrogens (tertiary/aromatic N) is 1. The zero-order chi connectivity index (χ0) is 12.4. The Kier molecular flexibility index (Phi) is 2.89. The van der Waals surface area contributed by atoms with E-state index in [0.717, 1.165) is 30.9 Å². The molecule has 0 spiro atoms. The molecule has 3 rings (SSSR count). The van der Waals surface area contributed by atoms with Crippen molar-refractivity contribution in [2.24, 2.45) is 0 Å². The molecule has 1 N–H and O–H groups in total. The summed E-state index contributed by atoms with van der Waals surface area (Å²) in [4.78, 5) is 2.28. The smallest absolute Gasteiger partial charge is 0.123 e. The van der Waals surface area contributed by atoms with Crippen LogP contribution in [0.4, 0.5) is 15.8 Å². The summed E-state index contributed by atoms with van der Waals surface area (Å²) >= 11 is 0. The summed E-state index contributed by atoms with van der Waals surface area (Å²) < 4.78 is 13.2. The summed E-state index contributed by atoms with van der Waals surface area (Å²) in [6.45, 7) is 2.61.